The maximum atomic E-state index is 11.8. The summed E-state index contributed by atoms with van der Waals surface area (Å²) in [5.41, 5.74) is -0.147. The van der Waals surface area contributed by atoms with Crippen LogP contribution < -0.4 is 10.6 Å². The van der Waals surface area contributed by atoms with Crippen molar-refractivity contribution in [3.63, 3.8) is 0 Å². The average molecular weight is 327 g/mol. The lowest BCUT2D eigenvalue weighted by molar-refractivity contribution is 0.0472. The molecule has 0 fully saturated rings. The molecule has 0 aliphatic heterocycles. The molecule has 0 saturated heterocycles. The highest BCUT2D eigenvalue weighted by atomic mass is 16.6. The molecular formula is C15H29N5O3. The second-order valence-electron chi connectivity index (χ2n) is 7.16. The number of nitrogens with zero attached hydrogens (tertiary/aromatic N) is 3. The number of alkyl carbamates (subject to hydrolysis) is 1. The van der Waals surface area contributed by atoms with Gasteiger partial charge in [0.05, 0.1) is 11.2 Å². The number of amides is 1. The molecule has 132 valence electrons. The molecule has 8 heteroatoms. The highest BCUT2D eigenvalue weighted by Crippen LogP contribution is 2.09. The first kappa shape index (κ1) is 19.4. The Morgan fingerprint density at radius 3 is 2.65 bits per heavy atom. The minimum atomic E-state index is -0.513. The fourth-order valence-corrected chi connectivity index (χ4v) is 1.89. The fraction of sp³-hybridized carbons (Fsp3) is 0.800. The Kier molecular flexibility index (Phi) is 6.96. The van der Waals surface area contributed by atoms with Gasteiger partial charge in [0.25, 0.3) is 0 Å². The minimum Gasteiger partial charge on any atom is -0.444 e. The van der Waals surface area contributed by atoms with Crippen molar-refractivity contribution in [3.05, 3.63) is 11.9 Å². The van der Waals surface area contributed by atoms with Crippen molar-refractivity contribution in [1.82, 2.24) is 25.6 Å². The van der Waals surface area contributed by atoms with Gasteiger partial charge in [-0.25, -0.2) is 4.79 Å². The number of carbonyl (C=O) groups is 1. The van der Waals surface area contributed by atoms with E-state index in [1.807, 2.05) is 40.8 Å². The van der Waals surface area contributed by atoms with Crippen LogP contribution in [0.3, 0.4) is 0 Å². The molecule has 8 nitrogen and oxygen atoms in total. The summed E-state index contributed by atoms with van der Waals surface area (Å²) in [5.74, 6) is 0. The van der Waals surface area contributed by atoms with E-state index < -0.39 is 17.2 Å². The van der Waals surface area contributed by atoms with Crippen LogP contribution in [0.5, 0.6) is 0 Å². The zero-order valence-electron chi connectivity index (χ0n) is 14.7. The third kappa shape index (κ3) is 8.51. The van der Waals surface area contributed by atoms with Crippen LogP contribution >= 0.6 is 0 Å². The first-order valence-electron chi connectivity index (χ1n) is 7.83. The van der Waals surface area contributed by atoms with E-state index in [2.05, 4.69) is 20.9 Å². The Morgan fingerprint density at radius 2 is 2.04 bits per heavy atom. The van der Waals surface area contributed by atoms with Crippen molar-refractivity contribution in [2.75, 3.05) is 13.2 Å². The number of hydrogen-bond donors (Lipinski definition) is 3. The highest BCUT2D eigenvalue weighted by molar-refractivity contribution is 5.68. The summed E-state index contributed by atoms with van der Waals surface area (Å²) in [6.07, 6.45) is 2.07. The topological polar surface area (TPSA) is 101 Å². The number of aliphatic hydroxyl groups is 1. The van der Waals surface area contributed by atoms with Crippen molar-refractivity contribution in [2.24, 2.45) is 0 Å². The summed E-state index contributed by atoms with van der Waals surface area (Å²) < 4.78 is 6.96. The van der Waals surface area contributed by atoms with Crippen LogP contribution in [0.25, 0.3) is 0 Å². The molecular weight excluding hydrogens is 298 g/mol. The van der Waals surface area contributed by atoms with Crippen molar-refractivity contribution < 1.29 is 14.6 Å². The molecule has 0 radical (unpaired) electrons. The van der Waals surface area contributed by atoms with E-state index in [9.17, 15) is 4.79 Å². The SMILES string of the molecule is CC(C)(CNCc1cn(CCCO)nn1)NC(=O)OC(C)(C)C. The van der Waals surface area contributed by atoms with Crippen LogP contribution in [-0.2, 0) is 17.8 Å². The molecule has 1 aromatic rings. The van der Waals surface area contributed by atoms with Gasteiger partial charge in [-0.1, -0.05) is 5.21 Å². The van der Waals surface area contributed by atoms with Gasteiger partial charge in [0, 0.05) is 32.4 Å². The van der Waals surface area contributed by atoms with Crippen LogP contribution in [0.1, 0.15) is 46.7 Å². The summed E-state index contributed by atoms with van der Waals surface area (Å²) in [7, 11) is 0. The molecule has 0 bridgehead atoms. The van der Waals surface area contributed by atoms with E-state index >= 15 is 0 Å². The maximum absolute atomic E-state index is 11.8. The maximum Gasteiger partial charge on any atom is 0.408 e. The number of aliphatic hydroxyl groups excluding tert-OH is 1. The van der Waals surface area contributed by atoms with Gasteiger partial charge in [0.1, 0.15) is 5.60 Å². The number of rotatable bonds is 8. The quantitative estimate of drug-likeness (QED) is 0.660. The lowest BCUT2D eigenvalue weighted by atomic mass is 10.1. The second kappa shape index (κ2) is 8.26. The van der Waals surface area contributed by atoms with Crippen LogP contribution in [0, 0.1) is 0 Å². The summed E-state index contributed by atoms with van der Waals surface area (Å²) >= 11 is 0. The Labute approximate surface area is 137 Å². The summed E-state index contributed by atoms with van der Waals surface area (Å²) in [5, 5.41) is 22.9. The monoisotopic (exact) mass is 327 g/mol. The van der Waals surface area contributed by atoms with Crippen LogP contribution in [0.2, 0.25) is 0 Å². The van der Waals surface area contributed by atoms with Gasteiger partial charge in [0.2, 0.25) is 0 Å². The second-order valence-corrected chi connectivity index (χ2v) is 7.16. The van der Waals surface area contributed by atoms with E-state index in [1.54, 1.807) is 4.68 Å². The largest absolute Gasteiger partial charge is 0.444 e. The molecule has 0 spiro atoms. The predicted octanol–water partition coefficient (Wildman–Crippen LogP) is 1.05. The number of hydrogen-bond acceptors (Lipinski definition) is 6. The minimum absolute atomic E-state index is 0.137. The standard InChI is InChI=1S/C15H29N5O3/c1-14(2,3)23-13(22)17-15(4,5)11-16-9-12-10-20(19-18-12)7-6-8-21/h10,16,21H,6-9,11H2,1-5H3,(H,17,22). The molecule has 0 atom stereocenters. The molecule has 1 heterocycles. The average Bonchev–Trinajstić information content (AvgIpc) is 2.80. The number of carbonyl (C=O) groups excluding carboxylic acids is 1. The van der Waals surface area contributed by atoms with E-state index in [0.717, 1.165) is 5.69 Å². The molecule has 23 heavy (non-hydrogen) atoms. The van der Waals surface area contributed by atoms with Crippen LogP contribution in [0.15, 0.2) is 6.20 Å². The molecule has 0 aromatic carbocycles. The lowest BCUT2D eigenvalue weighted by Gasteiger charge is -2.28. The molecule has 3 N–H and O–H groups in total. The summed E-state index contributed by atoms with van der Waals surface area (Å²) in [4.78, 5) is 11.8. The van der Waals surface area contributed by atoms with Crippen molar-refractivity contribution in [3.8, 4) is 0 Å². The van der Waals surface area contributed by atoms with E-state index in [4.69, 9.17) is 9.84 Å². The van der Waals surface area contributed by atoms with Gasteiger partial charge in [-0.3, -0.25) is 4.68 Å². The smallest absolute Gasteiger partial charge is 0.408 e. The fourth-order valence-electron chi connectivity index (χ4n) is 1.89. The van der Waals surface area contributed by atoms with E-state index in [-0.39, 0.29) is 6.61 Å². The van der Waals surface area contributed by atoms with Gasteiger partial charge in [0.15, 0.2) is 0 Å². The third-order valence-corrected chi connectivity index (χ3v) is 2.84. The van der Waals surface area contributed by atoms with Crippen molar-refractivity contribution in [1.29, 1.82) is 0 Å². The van der Waals surface area contributed by atoms with Gasteiger partial charge < -0.3 is 20.5 Å². The van der Waals surface area contributed by atoms with Crippen molar-refractivity contribution in [2.45, 2.75) is 65.3 Å². The lowest BCUT2D eigenvalue weighted by Crippen LogP contribution is -2.51. The Hall–Kier alpha value is -1.67. The molecule has 0 unspecified atom stereocenters. The Balaban J connectivity index is 2.35. The number of ether oxygens (including phenoxy) is 1. The molecule has 0 aliphatic rings. The van der Waals surface area contributed by atoms with Crippen LogP contribution in [0.4, 0.5) is 4.79 Å². The van der Waals surface area contributed by atoms with Crippen molar-refractivity contribution >= 4 is 6.09 Å². The van der Waals surface area contributed by atoms with Crippen LogP contribution in [-0.4, -0.2) is 50.5 Å². The third-order valence-electron chi connectivity index (χ3n) is 2.84. The number of nitrogens with one attached hydrogen (secondary N) is 2. The number of aryl methyl sites for hydroxylation is 1. The Morgan fingerprint density at radius 1 is 1.35 bits per heavy atom. The van der Waals surface area contributed by atoms with Gasteiger partial charge >= 0.3 is 6.09 Å². The number of aromatic nitrogens is 3. The summed E-state index contributed by atoms with van der Waals surface area (Å²) in [6, 6.07) is 0. The van der Waals surface area contributed by atoms with Gasteiger partial charge in [-0.05, 0) is 41.0 Å². The first-order valence-corrected chi connectivity index (χ1v) is 7.83. The first-order chi connectivity index (χ1) is 10.6. The van der Waals surface area contributed by atoms with Gasteiger partial charge in [-0.15, -0.1) is 5.10 Å². The summed E-state index contributed by atoms with van der Waals surface area (Å²) in [6.45, 7) is 11.2. The Bertz CT molecular complexity index is 494. The molecule has 0 aliphatic carbocycles. The zero-order chi connectivity index (χ0) is 17.5. The van der Waals surface area contributed by atoms with E-state index in [1.165, 1.54) is 0 Å². The normalized spacial score (nSPS) is 12.3. The van der Waals surface area contributed by atoms with E-state index in [0.29, 0.717) is 26.1 Å². The highest BCUT2D eigenvalue weighted by Gasteiger charge is 2.24. The molecule has 1 aromatic heterocycles. The predicted molar refractivity (Wildman–Crippen MR) is 86.9 cm³/mol. The zero-order valence-corrected chi connectivity index (χ0v) is 14.7. The molecule has 1 amide bonds. The van der Waals surface area contributed by atoms with Gasteiger partial charge in [-0.2, -0.15) is 0 Å². The molecule has 1 rings (SSSR count). The molecule has 0 saturated carbocycles.